The van der Waals surface area contributed by atoms with E-state index in [-0.39, 0.29) is 77.2 Å². The largest absolute Gasteiger partial charge is 0.349 e. The van der Waals surface area contributed by atoms with Crippen LogP contribution in [0.1, 0.15) is 26.2 Å². The Morgan fingerprint density at radius 1 is 1.54 bits per heavy atom. The molecule has 0 aliphatic carbocycles. The van der Waals surface area contributed by atoms with Gasteiger partial charge in [0, 0.05) is 85.2 Å². The van der Waals surface area contributed by atoms with E-state index in [1.54, 1.807) is 6.92 Å². The molecule has 0 spiro atoms. The van der Waals surface area contributed by atoms with Gasteiger partial charge in [0.25, 0.3) is 0 Å². The molecule has 0 aromatic heterocycles. The molecule has 0 amide bonds. The van der Waals surface area contributed by atoms with Crippen LogP contribution in [0.3, 0.4) is 0 Å². The predicted molar refractivity (Wildman–Crippen MR) is 42.3 cm³/mol. The second-order valence-corrected chi connectivity index (χ2v) is 2.77. The number of ketones is 1. The Hall–Kier alpha value is 1.31. The number of carbonyl (C=O) groups excluding carboxylic acids is 1. The van der Waals surface area contributed by atoms with Crippen molar-refractivity contribution in [2.45, 2.75) is 32.2 Å². The van der Waals surface area contributed by atoms with Crippen molar-refractivity contribution in [1.82, 2.24) is 0 Å². The fourth-order valence-corrected chi connectivity index (χ4v) is 0.756. The van der Waals surface area contributed by atoms with Crippen LogP contribution in [0.4, 0.5) is 0 Å². The molecule has 2 radical (unpaired) electrons. The average molecular weight is 337 g/mol. The zero-order valence-corrected chi connectivity index (χ0v) is 13.8. The van der Waals surface area contributed by atoms with E-state index in [1.165, 1.54) is 0 Å². The van der Waals surface area contributed by atoms with Gasteiger partial charge in [-0.25, -0.2) is 0 Å². The van der Waals surface area contributed by atoms with Crippen LogP contribution >= 0.6 is 0 Å². The van der Waals surface area contributed by atoms with Gasteiger partial charge in [-0.15, -0.1) is 0 Å². The molecule has 1 atom stereocenters. The van der Waals surface area contributed by atoms with Gasteiger partial charge in [0.05, 0.1) is 0 Å². The topological polar surface area (TPSA) is 96.3 Å². The minimum Gasteiger partial charge on any atom is -0.349 e. The molecule has 0 rings (SSSR count). The van der Waals surface area contributed by atoms with Gasteiger partial charge >= 0.3 is 0 Å². The Balaban J connectivity index is -0.000000500. The number of Topliss-reactive ketones (excluding diaryl/α,β-unsaturated/α-hetero) is 1. The summed E-state index contributed by atoms with van der Waals surface area (Å²) < 4.78 is 0. The molecular formula is C7H17N3OY2+2. The van der Waals surface area contributed by atoms with Crippen LogP contribution in [0.25, 0.3) is 0 Å². The molecule has 70 valence electrons. The molecule has 0 aliphatic rings. The molecular weight excluding hydrogens is 320 g/mol. The van der Waals surface area contributed by atoms with E-state index in [0.29, 0.717) is 12.3 Å². The van der Waals surface area contributed by atoms with E-state index in [1.807, 2.05) is 0 Å². The summed E-state index contributed by atoms with van der Waals surface area (Å²) in [5.41, 5.74) is 8.94. The molecule has 4 nitrogen and oxygen atoms in total. The molecule has 0 saturated heterocycles. The van der Waals surface area contributed by atoms with Gasteiger partial charge in [0.15, 0.2) is 5.78 Å². The number of nitrogens with two attached hydrogens (primary N) is 2. The Morgan fingerprint density at radius 2 is 2.00 bits per heavy atom. The first-order valence-corrected chi connectivity index (χ1v) is 3.74. The number of hydrogen-bond acceptors (Lipinski definition) is 1. The maximum Gasteiger partial charge on any atom is 0.238 e. The fraction of sp³-hybridized carbons (Fsp3) is 0.714. The number of hydrogen-bond donors (Lipinski definition) is 3. The SMILES string of the molecule is CC(=O)C([NH3+])CCCC(N)=[NH2+].[Y].[Y]. The third kappa shape index (κ3) is 13.3. The van der Waals surface area contributed by atoms with Crippen molar-refractivity contribution in [2.75, 3.05) is 0 Å². The van der Waals surface area contributed by atoms with E-state index in [0.717, 1.165) is 12.8 Å². The predicted octanol–water partition coefficient (Wildman–Crippen LogP) is -2.53. The van der Waals surface area contributed by atoms with Crippen LogP contribution in [0, 0.1) is 0 Å². The van der Waals surface area contributed by atoms with E-state index in [2.05, 4.69) is 5.73 Å². The molecule has 7 N–H and O–H groups in total. The van der Waals surface area contributed by atoms with Crippen molar-refractivity contribution in [3.05, 3.63) is 0 Å². The normalized spacial score (nSPS) is 10.6. The average Bonchev–Trinajstić information content (AvgIpc) is 1.86. The van der Waals surface area contributed by atoms with E-state index < -0.39 is 0 Å². The van der Waals surface area contributed by atoms with Crippen LogP contribution in [0.5, 0.6) is 0 Å². The van der Waals surface area contributed by atoms with Crippen molar-refractivity contribution >= 4 is 11.6 Å². The van der Waals surface area contributed by atoms with Crippen molar-refractivity contribution < 1.29 is 81.4 Å². The van der Waals surface area contributed by atoms with Gasteiger partial charge in [-0.1, -0.05) is 0 Å². The molecule has 0 saturated carbocycles. The molecule has 0 heterocycles. The number of quaternary nitrogens is 1. The van der Waals surface area contributed by atoms with Gasteiger partial charge < -0.3 is 5.73 Å². The summed E-state index contributed by atoms with van der Waals surface area (Å²) in [4.78, 5) is 10.7. The minimum atomic E-state index is -0.102. The van der Waals surface area contributed by atoms with Crippen molar-refractivity contribution in [3.63, 3.8) is 0 Å². The third-order valence-electron chi connectivity index (χ3n) is 1.59. The zero-order valence-electron chi connectivity index (χ0n) is 8.12. The Bertz CT molecular complexity index is 164. The summed E-state index contributed by atoms with van der Waals surface area (Å²) in [6.45, 7) is 1.55. The van der Waals surface area contributed by atoms with Gasteiger partial charge in [-0.2, -0.15) is 0 Å². The Labute approximate surface area is 129 Å². The van der Waals surface area contributed by atoms with E-state index in [9.17, 15) is 4.79 Å². The number of amidine groups is 1. The van der Waals surface area contributed by atoms with Gasteiger partial charge in [-0.05, 0) is 6.42 Å². The number of rotatable bonds is 5. The molecule has 0 aliphatic heterocycles. The summed E-state index contributed by atoms with van der Waals surface area (Å²) in [6, 6.07) is -0.102. The van der Waals surface area contributed by atoms with Crippen LogP contribution in [0.2, 0.25) is 0 Å². The second kappa shape index (κ2) is 11.4. The van der Waals surface area contributed by atoms with Crippen LogP contribution in [-0.2, 0) is 70.2 Å². The molecule has 0 fully saturated rings. The van der Waals surface area contributed by atoms with Crippen molar-refractivity contribution in [2.24, 2.45) is 5.73 Å². The quantitative estimate of drug-likeness (QED) is 0.381. The van der Waals surface area contributed by atoms with Crippen molar-refractivity contribution in [3.8, 4) is 0 Å². The molecule has 0 bridgehead atoms. The molecule has 13 heavy (non-hydrogen) atoms. The maximum absolute atomic E-state index is 10.7. The van der Waals surface area contributed by atoms with Gasteiger partial charge in [0.1, 0.15) is 6.04 Å². The third-order valence-corrected chi connectivity index (χ3v) is 1.59. The first-order valence-electron chi connectivity index (χ1n) is 3.74. The van der Waals surface area contributed by atoms with E-state index >= 15 is 0 Å². The van der Waals surface area contributed by atoms with E-state index in [4.69, 9.17) is 11.1 Å². The van der Waals surface area contributed by atoms with Crippen LogP contribution in [0.15, 0.2) is 0 Å². The van der Waals surface area contributed by atoms with Gasteiger partial charge in [0.2, 0.25) is 5.84 Å². The zero-order chi connectivity index (χ0) is 8.85. The Kier molecular flexibility index (Phi) is 17.4. The minimum absolute atomic E-state index is 0. The smallest absolute Gasteiger partial charge is 0.238 e. The molecule has 0 aromatic rings. The molecule has 0 aromatic carbocycles. The molecule has 1 unspecified atom stereocenters. The molecule has 6 heteroatoms. The standard InChI is InChI=1S/C7H15N3O.2Y/c1-5(11)6(8)3-2-4-7(9)10;;/h6H,2-4,8H2,1H3,(H3,9,10);;/p+2. The summed E-state index contributed by atoms with van der Waals surface area (Å²) in [6.07, 6.45) is 2.29. The summed E-state index contributed by atoms with van der Waals surface area (Å²) in [7, 11) is 0. The summed E-state index contributed by atoms with van der Waals surface area (Å²) >= 11 is 0. The Morgan fingerprint density at radius 3 is 2.31 bits per heavy atom. The van der Waals surface area contributed by atoms with Crippen LogP contribution in [-0.4, -0.2) is 17.7 Å². The second-order valence-electron chi connectivity index (χ2n) is 2.77. The van der Waals surface area contributed by atoms with Crippen LogP contribution < -0.4 is 16.9 Å². The fourth-order valence-electron chi connectivity index (χ4n) is 0.756. The first kappa shape index (κ1) is 19.8. The monoisotopic (exact) mass is 337 g/mol. The summed E-state index contributed by atoms with van der Waals surface area (Å²) in [5, 5.41) is 5.24. The maximum atomic E-state index is 10.7. The van der Waals surface area contributed by atoms with Gasteiger partial charge in [-0.3, -0.25) is 15.9 Å². The van der Waals surface area contributed by atoms with Crippen molar-refractivity contribution in [1.29, 1.82) is 0 Å². The first-order chi connectivity index (χ1) is 5.04. The summed E-state index contributed by atoms with van der Waals surface area (Å²) in [5.74, 6) is 0.557. The number of carbonyl (C=O) groups is 1.